The number of allylic oxidation sites excluding steroid dienone is 4. The maximum absolute atomic E-state index is 13.6. The fraction of sp³-hybridized carbons (Fsp3) is 0.758. The number of carboxylic acid groups (broad SMARTS) is 1. The van der Waals surface area contributed by atoms with Crippen molar-refractivity contribution in [2.24, 2.45) is 44.8 Å². The van der Waals surface area contributed by atoms with Crippen LogP contribution in [0.3, 0.4) is 0 Å². The second-order valence-electron chi connectivity index (χ2n) is 14.9. The van der Waals surface area contributed by atoms with Gasteiger partial charge in [0.05, 0.1) is 6.10 Å². The van der Waals surface area contributed by atoms with E-state index in [-0.39, 0.29) is 39.5 Å². The number of hydrogen-bond acceptors (Lipinski definition) is 3. The van der Waals surface area contributed by atoms with Gasteiger partial charge in [-0.3, -0.25) is 4.79 Å². The van der Waals surface area contributed by atoms with E-state index >= 15 is 0 Å². The minimum absolute atomic E-state index is 0.0374. The highest BCUT2D eigenvalue weighted by Crippen LogP contribution is 2.75. The Hall–Kier alpha value is -1.68. The summed E-state index contributed by atoms with van der Waals surface area (Å²) in [5, 5.41) is 20.7. The molecule has 0 heterocycles. The van der Waals surface area contributed by atoms with E-state index in [2.05, 4.69) is 54.5 Å². The molecule has 3 saturated carbocycles. The zero-order chi connectivity index (χ0) is 27.3. The maximum Gasteiger partial charge on any atom is 0.330 e. The molecule has 0 aromatic rings. The predicted octanol–water partition coefficient (Wildman–Crippen LogP) is 7.28. The van der Waals surface area contributed by atoms with Crippen LogP contribution in [-0.4, -0.2) is 28.1 Å². The smallest absolute Gasteiger partial charge is 0.330 e. The SMILES string of the molecule is C/C(=C\C12CC[C@]3(C)[C@H](CCC4[C@@]5(C)CCC(O)C(C)(C)C5=CC[C@]43C)C1=C(C(C)C)C(=O)C2)C(=O)O. The van der Waals surface area contributed by atoms with Gasteiger partial charge in [0, 0.05) is 22.8 Å². The molecule has 0 aliphatic heterocycles. The number of carbonyl (C=O) groups is 2. The van der Waals surface area contributed by atoms with Gasteiger partial charge in [-0.2, -0.15) is 0 Å². The molecule has 4 heteroatoms. The van der Waals surface area contributed by atoms with Gasteiger partial charge in [0.15, 0.2) is 5.78 Å². The third-order valence-corrected chi connectivity index (χ3v) is 12.6. The zero-order valence-electron chi connectivity index (χ0n) is 24.3. The summed E-state index contributed by atoms with van der Waals surface area (Å²) in [4.78, 5) is 25.4. The van der Waals surface area contributed by atoms with E-state index in [1.54, 1.807) is 6.92 Å². The molecule has 0 bridgehead atoms. The number of aliphatic carboxylic acids is 1. The van der Waals surface area contributed by atoms with Crippen LogP contribution in [0.4, 0.5) is 0 Å². The third-order valence-electron chi connectivity index (χ3n) is 12.6. The molecule has 0 aromatic heterocycles. The molecule has 0 radical (unpaired) electrons. The average molecular weight is 509 g/mol. The van der Waals surface area contributed by atoms with E-state index in [9.17, 15) is 19.8 Å². The lowest BCUT2D eigenvalue weighted by Crippen LogP contribution is -2.62. The van der Waals surface area contributed by atoms with Crippen molar-refractivity contribution in [1.82, 2.24) is 0 Å². The van der Waals surface area contributed by atoms with Crippen molar-refractivity contribution in [1.29, 1.82) is 0 Å². The molecule has 0 aromatic carbocycles. The van der Waals surface area contributed by atoms with E-state index in [4.69, 9.17) is 0 Å². The lowest BCUT2D eigenvalue weighted by molar-refractivity contribution is -0.153. The molecule has 2 N–H and O–H groups in total. The Labute approximate surface area is 223 Å². The van der Waals surface area contributed by atoms with Crippen LogP contribution in [0.25, 0.3) is 0 Å². The van der Waals surface area contributed by atoms with Gasteiger partial charge in [-0.15, -0.1) is 0 Å². The minimum Gasteiger partial charge on any atom is -0.478 e. The van der Waals surface area contributed by atoms with Crippen molar-refractivity contribution in [2.75, 3.05) is 0 Å². The summed E-state index contributed by atoms with van der Waals surface area (Å²) in [6.45, 7) is 17.9. The van der Waals surface area contributed by atoms with Gasteiger partial charge in [0.2, 0.25) is 0 Å². The maximum atomic E-state index is 13.6. The van der Waals surface area contributed by atoms with Crippen LogP contribution in [0.5, 0.6) is 0 Å². The molecular weight excluding hydrogens is 460 g/mol. The van der Waals surface area contributed by atoms with E-state index in [1.165, 1.54) is 11.1 Å². The minimum atomic E-state index is -0.886. The number of fused-ring (bicyclic) bond motifs is 7. The fourth-order valence-electron chi connectivity index (χ4n) is 10.6. The quantitative estimate of drug-likeness (QED) is 0.310. The zero-order valence-corrected chi connectivity index (χ0v) is 24.3. The van der Waals surface area contributed by atoms with E-state index in [1.807, 2.05) is 6.08 Å². The Morgan fingerprint density at radius 1 is 1.03 bits per heavy atom. The van der Waals surface area contributed by atoms with Gasteiger partial charge in [-0.1, -0.05) is 66.2 Å². The second-order valence-corrected chi connectivity index (χ2v) is 14.9. The van der Waals surface area contributed by atoms with Crippen LogP contribution >= 0.6 is 0 Å². The van der Waals surface area contributed by atoms with Crippen LogP contribution in [0, 0.1) is 44.8 Å². The molecule has 3 unspecified atom stereocenters. The lowest BCUT2D eigenvalue weighted by Gasteiger charge is -2.69. The molecular formula is C33H48O4. The summed E-state index contributed by atoms with van der Waals surface area (Å²) in [6, 6.07) is 0. The van der Waals surface area contributed by atoms with Crippen LogP contribution in [0.15, 0.2) is 34.4 Å². The van der Waals surface area contributed by atoms with E-state index < -0.39 is 11.4 Å². The third kappa shape index (κ3) is 3.36. The first-order valence-corrected chi connectivity index (χ1v) is 14.6. The number of carboxylic acids is 1. The molecule has 5 rings (SSSR count). The number of carbonyl (C=O) groups excluding carboxylic acids is 1. The fourth-order valence-corrected chi connectivity index (χ4v) is 10.6. The van der Waals surface area contributed by atoms with Crippen LogP contribution in [-0.2, 0) is 9.59 Å². The Morgan fingerprint density at radius 2 is 1.70 bits per heavy atom. The van der Waals surface area contributed by atoms with Gasteiger partial charge in [-0.05, 0) is 97.0 Å². The van der Waals surface area contributed by atoms with Crippen molar-refractivity contribution in [3.63, 3.8) is 0 Å². The molecule has 5 aliphatic rings. The molecule has 3 fully saturated rings. The highest BCUT2D eigenvalue weighted by atomic mass is 16.4. The number of ketones is 1. The van der Waals surface area contributed by atoms with Gasteiger partial charge in [0.1, 0.15) is 0 Å². The molecule has 0 spiro atoms. The summed E-state index contributed by atoms with van der Waals surface area (Å²) in [6.07, 6.45) is 11.6. The summed E-state index contributed by atoms with van der Waals surface area (Å²) in [5.74, 6) is 0.327. The second kappa shape index (κ2) is 8.16. The van der Waals surface area contributed by atoms with Crippen molar-refractivity contribution < 1.29 is 19.8 Å². The van der Waals surface area contributed by atoms with Gasteiger partial charge < -0.3 is 10.2 Å². The number of Topliss-reactive ketones (excluding diaryl/α,β-unsaturated/α-hetero) is 1. The lowest BCUT2D eigenvalue weighted by atomic mass is 9.35. The number of hydrogen-bond donors (Lipinski definition) is 2. The Bertz CT molecular complexity index is 1140. The van der Waals surface area contributed by atoms with E-state index in [0.29, 0.717) is 23.8 Å². The normalized spacial score (nSPS) is 45.1. The average Bonchev–Trinajstić information content (AvgIpc) is 3.09. The first-order chi connectivity index (χ1) is 17.0. The van der Waals surface area contributed by atoms with Gasteiger partial charge >= 0.3 is 5.97 Å². The van der Waals surface area contributed by atoms with Crippen LogP contribution in [0.2, 0.25) is 0 Å². The molecule has 4 nitrogen and oxygen atoms in total. The predicted molar refractivity (Wildman–Crippen MR) is 147 cm³/mol. The Morgan fingerprint density at radius 3 is 2.32 bits per heavy atom. The van der Waals surface area contributed by atoms with Crippen molar-refractivity contribution >= 4 is 11.8 Å². The van der Waals surface area contributed by atoms with Crippen molar-refractivity contribution in [2.45, 2.75) is 113 Å². The first-order valence-electron chi connectivity index (χ1n) is 14.6. The molecule has 0 saturated heterocycles. The first kappa shape index (κ1) is 26.9. The van der Waals surface area contributed by atoms with E-state index in [0.717, 1.165) is 50.5 Å². The largest absolute Gasteiger partial charge is 0.478 e. The number of rotatable bonds is 3. The van der Waals surface area contributed by atoms with Gasteiger partial charge in [0.25, 0.3) is 0 Å². The Kier molecular flexibility index (Phi) is 5.94. The van der Waals surface area contributed by atoms with Crippen LogP contribution in [0.1, 0.15) is 107 Å². The van der Waals surface area contributed by atoms with Crippen molar-refractivity contribution in [3.05, 3.63) is 34.4 Å². The summed E-state index contributed by atoms with van der Waals surface area (Å²) >= 11 is 0. The molecule has 37 heavy (non-hydrogen) atoms. The highest BCUT2D eigenvalue weighted by Gasteiger charge is 2.68. The number of aliphatic hydroxyl groups is 1. The number of aliphatic hydroxyl groups excluding tert-OH is 1. The topological polar surface area (TPSA) is 74.6 Å². The summed E-state index contributed by atoms with van der Waals surface area (Å²) < 4.78 is 0. The summed E-state index contributed by atoms with van der Waals surface area (Å²) in [5.41, 5.74) is 3.68. The van der Waals surface area contributed by atoms with Crippen LogP contribution < -0.4 is 0 Å². The highest BCUT2D eigenvalue weighted by molar-refractivity contribution is 6.01. The van der Waals surface area contributed by atoms with Crippen molar-refractivity contribution in [3.8, 4) is 0 Å². The molecule has 204 valence electrons. The standard InChI is InChI=1S/C33H48O4/c1-19(2)26-22(34)18-33(17-20(3)28(36)37)16-15-31(7)21(27(26)33)9-10-24-30(6)13-12-25(35)29(4,5)23(30)11-14-32(24,31)8/h11,17,19,21,24-25,35H,9-10,12-16,18H2,1-8H3,(H,36,37)/b20-17+/t21-,24?,25?,30+,31-,32-,33?/m1/s1. The summed E-state index contributed by atoms with van der Waals surface area (Å²) in [7, 11) is 0. The van der Waals surface area contributed by atoms with Gasteiger partial charge in [-0.25, -0.2) is 4.79 Å². The molecule has 7 atom stereocenters. The Balaban J connectivity index is 1.66. The monoisotopic (exact) mass is 508 g/mol. The molecule has 5 aliphatic carbocycles. The molecule has 0 amide bonds.